The van der Waals surface area contributed by atoms with E-state index in [1.807, 2.05) is 0 Å². The van der Waals surface area contributed by atoms with Gasteiger partial charge in [0.1, 0.15) is 0 Å². The molecule has 46 valence electrons. The fourth-order valence-corrected chi connectivity index (χ4v) is 0. The standard InChI is InChI=1S/Cr.Cu.4O.Ru/q;+2;;;2*-1;+3. The van der Waals surface area contributed by atoms with Crippen LogP contribution in [-0.2, 0) is 57.8 Å². The minimum absolute atomic E-state index is 0. The van der Waals surface area contributed by atoms with Crippen LogP contribution in [0.5, 0.6) is 0 Å². The summed E-state index contributed by atoms with van der Waals surface area (Å²) >= 11 is -5.75. The van der Waals surface area contributed by atoms with Crippen molar-refractivity contribution in [2.45, 2.75) is 0 Å². The first-order chi connectivity index (χ1) is 2.00. The van der Waals surface area contributed by atoms with Crippen LogP contribution in [0.4, 0.5) is 0 Å². The van der Waals surface area contributed by atoms with Gasteiger partial charge in [-0.15, -0.1) is 0 Å². The third kappa shape index (κ3) is 136. The van der Waals surface area contributed by atoms with Crippen molar-refractivity contribution in [3.05, 3.63) is 0 Å². The Bertz CT molecular complexity index is 94.9. The molecule has 0 N–H and O–H groups in total. The molecule has 0 bridgehead atoms. The molecule has 2 radical (unpaired) electrons. The Kier molecular flexibility index (Phi) is 12.0. The monoisotopic (exact) mass is 281 g/mol. The van der Waals surface area contributed by atoms with E-state index in [9.17, 15) is 0 Å². The van der Waals surface area contributed by atoms with E-state index in [1.54, 1.807) is 0 Å². The molecule has 0 amide bonds. The third-order valence-corrected chi connectivity index (χ3v) is 0. The normalized spacial score (nSPS) is 8.29. The molecule has 0 heterocycles. The molecule has 0 aromatic carbocycles. The fraction of sp³-hybridized carbons (Fsp3) is 0. The van der Waals surface area contributed by atoms with Gasteiger partial charge in [0.05, 0.1) is 0 Å². The SMILES string of the molecule is [Cu+2].[O]=[Cr](=[O])([O-])[O-].[Ru+3]. The van der Waals surface area contributed by atoms with Crippen molar-refractivity contribution in [1.29, 1.82) is 0 Å². The number of hydrogen-bond acceptors (Lipinski definition) is 4. The zero-order chi connectivity index (χ0) is 4.50. The molecule has 0 saturated heterocycles. The van der Waals surface area contributed by atoms with Crippen LogP contribution in [0.2, 0.25) is 0 Å². The molecule has 0 saturated carbocycles. The summed E-state index contributed by atoms with van der Waals surface area (Å²) in [6.07, 6.45) is 0. The molecule has 0 aliphatic heterocycles. The van der Waals surface area contributed by atoms with Crippen LogP contribution in [0, 0.1) is 0 Å². The summed E-state index contributed by atoms with van der Waals surface area (Å²) in [7, 11) is 0. The molecule has 0 aromatic heterocycles. The first kappa shape index (κ1) is 15.7. The van der Waals surface area contributed by atoms with Crippen LogP contribution >= 0.6 is 0 Å². The second kappa shape index (κ2) is 5.33. The van der Waals surface area contributed by atoms with Crippen LogP contribution in [0.3, 0.4) is 0 Å². The average Bonchev–Trinajstić information content (AvgIpc) is 0.722. The Morgan fingerprint density at radius 2 is 1.14 bits per heavy atom. The molecule has 0 spiro atoms. The summed E-state index contributed by atoms with van der Waals surface area (Å²) < 4.78 is 34.4. The second-order valence-electron chi connectivity index (χ2n) is 0.408. The minimum Gasteiger partial charge on any atom is 3.00 e. The van der Waals surface area contributed by atoms with Crippen molar-refractivity contribution in [2.75, 3.05) is 0 Å². The Labute approximate surface area is 65.9 Å². The predicted molar refractivity (Wildman–Crippen MR) is 1.37 cm³/mol. The van der Waals surface area contributed by atoms with Crippen molar-refractivity contribution >= 4 is 0 Å². The van der Waals surface area contributed by atoms with E-state index in [4.69, 9.17) is 15.9 Å². The quantitative estimate of drug-likeness (QED) is 0.455. The summed E-state index contributed by atoms with van der Waals surface area (Å²) in [5, 5.41) is 0. The molecule has 0 fully saturated rings. The minimum atomic E-state index is -5.75. The van der Waals surface area contributed by atoms with Crippen molar-refractivity contribution < 1.29 is 66.1 Å². The largest absolute Gasteiger partial charge is 3.00 e. The van der Waals surface area contributed by atoms with Crippen LogP contribution in [0.15, 0.2) is 0 Å². The topological polar surface area (TPSA) is 80.3 Å². The Morgan fingerprint density at radius 1 is 1.14 bits per heavy atom. The van der Waals surface area contributed by atoms with Crippen molar-refractivity contribution in [1.82, 2.24) is 0 Å². The van der Waals surface area contributed by atoms with Gasteiger partial charge < -0.3 is 0 Å². The van der Waals surface area contributed by atoms with Crippen LogP contribution in [0.25, 0.3) is 0 Å². The molecule has 0 aliphatic rings. The Morgan fingerprint density at radius 3 is 1.14 bits per heavy atom. The maximum atomic E-state index is 8.59. The van der Waals surface area contributed by atoms with Gasteiger partial charge in [-0.25, -0.2) is 0 Å². The zero-order valence-electron chi connectivity index (χ0n) is 2.70. The van der Waals surface area contributed by atoms with Gasteiger partial charge in [0, 0.05) is 0 Å². The summed E-state index contributed by atoms with van der Waals surface area (Å²) in [6, 6.07) is 0. The van der Waals surface area contributed by atoms with Gasteiger partial charge in [0.15, 0.2) is 0 Å². The molecule has 0 rings (SSSR count). The average molecular weight is 281 g/mol. The van der Waals surface area contributed by atoms with E-state index in [1.165, 1.54) is 0 Å². The zero-order valence-corrected chi connectivity index (χ0v) is 6.65. The molecule has 0 aromatic rings. The third-order valence-electron chi connectivity index (χ3n) is 0. The van der Waals surface area contributed by atoms with Gasteiger partial charge in [0.25, 0.3) is 0 Å². The first-order valence-corrected chi connectivity index (χ1v) is 2.75. The number of hydrogen-bond donors (Lipinski definition) is 0. The van der Waals surface area contributed by atoms with Crippen LogP contribution in [0.1, 0.15) is 0 Å². The van der Waals surface area contributed by atoms with Crippen LogP contribution < -0.4 is 8.32 Å². The van der Waals surface area contributed by atoms with Gasteiger partial charge in [-0.2, -0.15) is 0 Å². The summed E-state index contributed by atoms with van der Waals surface area (Å²) in [6.45, 7) is 0. The van der Waals surface area contributed by atoms with E-state index in [2.05, 4.69) is 0 Å². The molecule has 0 atom stereocenters. The summed E-state index contributed by atoms with van der Waals surface area (Å²) in [4.78, 5) is 0. The molecule has 7 heteroatoms. The maximum Gasteiger partial charge on any atom is 3.00 e. The van der Waals surface area contributed by atoms with Crippen LogP contribution in [-0.4, -0.2) is 0 Å². The van der Waals surface area contributed by atoms with Gasteiger partial charge in [-0.1, -0.05) is 0 Å². The Hall–Kier alpha value is 1.20. The second-order valence-corrected chi connectivity index (χ2v) is 1.68. The number of rotatable bonds is 0. The molecule has 0 aliphatic carbocycles. The summed E-state index contributed by atoms with van der Waals surface area (Å²) in [5.41, 5.74) is 0. The first-order valence-electron chi connectivity index (χ1n) is 0.667. The van der Waals surface area contributed by atoms with Crippen molar-refractivity contribution in [3.63, 3.8) is 0 Å². The van der Waals surface area contributed by atoms with E-state index in [-0.39, 0.29) is 36.5 Å². The van der Waals surface area contributed by atoms with Gasteiger partial charge in [0.2, 0.25) is 0 Å². The van der Waals surface area contributed by atoms with E-state index in [0.29, 0.717) is 0 Å². The van der Waals surface area contributed by atoms with E-state index < -0.39 is 13.6 Å². The van der Waals surface area contributed by atoms with Gasteiger partial charge >= 0.3 is 66.1 Å². The molecule has 0 unspecified atom stereocenters. The van der Waals surface area contributed by atoms with E-state index in [0.717, 1.165) is 0 Å². The van der Waals surface area contributed by atoms with E-state index >= 15 is 0 Å². The van der Waals surface area contributed by atoms with Crippen molar-refractivity contribution in [2.24, 2.45) is 0 Å². The van der Waals surface area contributed by atoms with Gasteiger partial charge in [-0.3, -0.25) is 0 Å². The predicted octanol–water partition coefficient (Wildman–Crippen LogP) is -2.62. The maximum absolute atomic E-state index is 8.59. The fourth-order valence-electron chi connectivity index (χ4n) is 0. The molecule has 7 heavy (non-hydrogen) atoms. The smallest absolute Gasteiger partial charge is 3.00 e. The molecular formula is CrCuO4Ru+3. The Balaban J connectivity index is -0.0000000800. The van der Waals surface area contributed by atoms with Gasteiger partial charge in [-0.05, 0) is 0 Å². The molecule has 4 nitrogen and oxygen atoms in total. The molecular weight excluding hydrogens is 281 g/mol. The summed E-state index contributed by atoms with van der Waals surface area (Å²) in [5.74, 6) is 0. The van der Waals surface area contributed by atoms with Crippen molar-refractivity contribution in [3.8, 4) is 0 Å².